The zero-order valence-electron chi connectivity index (χ0n) is 38.0. The van der Waals surface area contributed by atoms with Gasteiger partial charge in [-0.1, -0.05) is 31.2 Å². The fraction of sp³-hybridized carbons (Fsp3) is 0.490. The number of carbonyl (C=O) groups is 3. The normalized spacial score (nSPS) is 18.2. The van der Waals surface area contributed by atoms with Crippen molar-refractivity contribution >= 4 is 46.4 Å². The van der Waals surface area contributed by atoms with Gasteiger partial charge in [0.1, 0.15) is 23.6 Å². The van der Waals surface area contributed by atoms with E-state index in [0.717, 1.165) is 74.7 Å². The maximum absolute atomic E-state index is 13.6. The number of carbonyl (C=O) groups excluding carboxylic acids is 3. The van der Waals surface area contributed by atoms with Crippen molar-refractivity contribution in [1.29, 1.82) is 0 Å². The summed E-state index contributed by atoms with van der Waals surface area (Å²) in [7, 11) is 1.91. The van der Waals surface area contributed by atoms with Crippen molar-refractivity contribution in [3.63, 3.8) is 0 Å². The van der Waals surface area contributed by atoms with Crippen LogP contribution in [0, 0.1) is 11.8 Å². The molecule has 8 rings (SSSR count). The average Bonchev–Trinajstić information content (AvgIpc) is 3.73. The standard InChI is InChI=1S/C49H64N10O6/c1-4-21-57(44-26-40(53-54-47(44)50)38-12-6-7-15-45(38)60)29-33(32-64-5-2)27-51-35-10-8-11-37(25-35)65-36-18-22-56(23-19-36)49(63)55(3)28-34-30-58(31-34)41-13-9-14-42-39(41)20-24-59(42)43-16-17-46(61)52-48(43)62/h6-15,25-26,33-34,36,43,51,60H,4-5,16-24,27-32H2,1-3H3,(H2,50,54)(H,52,61,62)/t33-,43-/m1/s1. The predicted molar refractivity (Wildman–Crippen MR) is 254 cm³/mol. The minimum Gasteiger partial charge on any atom is -0.507 e. The first kappa shape index (κ1) is 45.3. The molecule has 0 bridgehead atoms. The second-order valence-electron chi connectivity index (χ2n) is 17.8. The van der Waals surface area contributed by atoms with Crippen LogP contribution in [0.4, 0.5) is 33.4 Å². The summed E-state index contributed by atoms with van der Waals surface area (Å²) in [5, 5.41) is 25.2. The number of phenols is 1. The monoisotopic (exact) mass is 889 g/mol. The van der Waals surface area contributed by atoms with Crippen molar-refractivity contribution < 1.29 is 29.0 Å². The van der Waals surface area contributed by atoms with E-state index in [1.54, 1.807) is 12.1 Å². The third-order valence-electron chi connectivity index (χ3n) is 13.1. The number of hydrogen-bond acceptors (Lipinski definition) is 13. The summed E-state index contributed by atoms with van der Waals surface area (Å²) in [6.07, 6.45) is 4.21. The molecule has 16 nitrogen and oxygen atoms in total. The molecular weight excluding hydrogens is 825 g/mol. The van der Waals surface area contributed by atoms with Gasteiger partial charge in [-0.25, -0.2) is 4.79 Å². The molecule has 4 aromatic rings. The fourth-order valence-electron chi connectivity index (χ4n) is 9.75. The second kappa shape index (κ2) is 20.7. The van der Waals surface area contributed by atoms with Crippen LogP contribution in [0.1, 0.15) is 51.5 Å². The number of phenolic OH excluding ortho intramolecular Hbond substituents is 1. The number of aromatic nitrogens is 2. The van der Waals surface area contributed by atoms with E-state index in [9.17, 15) is 19.5 Å². The van der Waals surface area contributed by atoms with Crippen molar-refractivity contribution in [3.8, 4) is 22.8 Å². The number of anilines is 5. The van der Waals surface area contributed by atoms with Crippen molar-refractivity contribution in [2.75, 3.05) is 105 Å². The number of amides is 4. The van der Waals surface area contributed by atoms with Crippen LogP contribution in [-0.4, -0.2) is 134 Å². The molecular formula is C49H64N10O6. The van der Waals surface area contributed by atoms with Crippen molar-refractivity contribution in [3.05, 3.63) is 78.4 Å². The highest BCUT2D eigenvalue weighted by Gasteiger charge is 2.38. The Morgan fingerprint density at radius 1 is 0.969 bits per heavy atom. The Labute approximate surface area is 382 Å². The molecule has 346 valence electrons. The highest BCUT2D eigenvalue weighted by atomic mass is 16.5. The van der Waals surface area contributed by atoms with Crippen molar-refractivity contribution in [1.82, 2.24) is 25.3 Å². The number of aromatic hydroxyl groups is 1. The number of nitrogens with two attached hydrogens (primary N) is 1. The van der Waals surface area contributed by atoms with E-state index in [1.807, 2.05) is 66.2 Å². The molecule has 65 heavy (non-hydrogen) atoms. The predicted octanol–water partition coefficient (Wildman–Crippen LogP) is 5.61. The number of likely N-dealkylation sites (tertiary alicyclic amines) is 1. The van der Waals surface area contributed by atoms with E-state index >= 15 is 0 Å². The first-order valence-electron chi connectivity index (χ1n) is 23.3. The average molecular weight is 889 g/mol. The summed E-state index contributed by atoms with van der Waals surface area (Å²) >= 11 is 0. The third-order valence-corrected chi connectivity index (χ3v) is 13.1. The van der Waals surface area contributed by atoms with Gasteiger partial charge < -0.3 is 50.1 Å². The molecule has 2 atom stereocenters. The lowest BCUT2D eigenvalue weighted by atomic mass is 9.96. The summed E-state index contributed by atoms with van der Waals surface area (Å²) in [6, 6.07) is 23.1. The largest absolute Gasteiger partial charge is 0.507 e. The third kappa shape index (κ3) is 10.6. The molecule has 5 N–H and O–H groups in total. The Kier molecular flexibility index (Phi) is 14.4. The van der Waals surface area contributed by atoms with Crippen LogP contribution < -0.4 is 35.8 Å². The molecule has 4 amide bonds. The number of fused-ring (bicyclic) bond motifs is 1. The van der Waals surface area contributed by atoms with Crippen molar-refractivity contribution in [2.45, 2.75) is 64.5 Å². The van der Waals surface area contributed by atoms with Crippen LogP contribution in [0.25, 0.3) is 11.3 Å². The van der Waals surface area contributed by atoms with Crippen LogP contribution in [0.3, 0.4) is 0 Å². The van der Waals surface area contributed by atoms with E-state index in [2.05, 4.69) is 60.7 Å². The number of imide groups is 1. The number of rotatable bonds is 18. The second-order valence-corrected chi connectivity index (χ2v) is 17.8. The van der Waals surface area contributed by atoms with Crippen molar-refractivity contribution in [2.24, 2.45) is 11.8 Å². The van der Waals surface area contributed by atoms with Gasteiger partial charge in [0.15, 0.2) is 5.82 Å². The maximum Gasteiger partial charge on any atom is 0.319 e. The van der Waals surface area contributed by atoms with Gasteiger partial charge in [-0.2, -0.15) is 0 Å². The summed E-state index contributed by atoms with van der Waals surface area (Å²) in [5.41, 5.74) is 12.9. The van der Waals surface area contributed by atoms with Gasteiger partial charge in [0.25, 0.3) is 0 Å². The van der Waals surface area contributed by atoms with Gasteiger partial charge in [-0.3, -0.25) is 14.9 Å². The topological polar surface area (TPSA) is 182 Å². The van der Waals surface area contributed by atoms with Crippen LogP contribution >= 0.6 is 0 Å². The Morgan fingerprint density at radius 2 is 1.75 bits per heavy atom. The molecule has 16 heteroatoms. The number of benzene rings is 3. The van der Waals surface area contributed by atoms with E-state index < -0.39 is 0 Å². The fourth-order valence-corrected chi connectivity index (χ4v) is 9.75. The highest BCUT2D eigenvalue weighted by Crippen LogP contribution is 2.40. The lowest BCUT2D eigenvalue weighted by molar-refractivity contribution is -0.134. The Bertz CT molecular complexity index is 2300. The van der Waals surface area contributed by atoms with Gasteiger partial charge in [-0.15, -0.1) is 10.2 Å². The number of para-hydroxylation sites is 1. The molecule has 3 saturated heterocycles. The molecule has 0 spiro atoms. The summed E-state index contributed by atoms with van der Waals surface area (Å²) < 4.78 is 12.4. The van der Waals surface area contributed by atoms with Gasteiger partial charge >= 0.3 is 6.03 Å². The van der Waals surface area contributed by atoms with Crippen LogP contribution in [0.5, 0.6) is 11.5 Å². The zero-order chi connectivity index (χ0) is 45.5. The molecule has 3 fully saturated rings. The van der Waals surface area contributed by atoms with E-state index in [1.165, 1.54) is 11.3 Å². The molecule has 4 aliphatic rings. The minimum atomic E-state index is -0.310. The Hall–Kier alpha value is -6.29. The summed E-state index contributed by atoms with van der Waals surface area (Å²) in [4.78, 5) is 48.6. The van der Waals surface area contributed by atoms with Gasteiger partial charge in [0.2, 0.25) is 11.8 Å². The number of ether oxygens (including phenoxy) is 2. The smallest absolute Gasteiger partial charge is 0.319 e. The molecule has 3 aromatic carbocycles. The lowest BCUT2D eigenvalue weighted by Gasteiger charge is -2.44. The van der Waals surface area contributed by atoms with E-state index in [4.69, 9.17) is 15.2 Å². The molecule has 5 heterocycles. The quantitative estimate of drug-likeness (QED) is 0.0907. The first-order chi connectivity index (χ1) is 31.6. The Balaban J connectivity index is 0.796. The number of nitrogens with one attached hydrogen (secondary N) is 2. The molecule has 0 saturated carbocycles. The molecule has 0 aliphatic carbocycles. The van der Waals surface area contributed by atoms with E-state index in [0.29, 0.717) is 81.8 Å². The number of nitrogens with zero attached hydrogens (tertiary/aromatic N) is 7. The number of nitrogen functional groups attached to an aromatic ring is 1. The first-order valence-corrected chi connectivity index (χ1v) is 23.3. The highest BCUT2D eigenvalue weighted by molar-refractivity contribution is 6.02. The number of hydrogen-bond donors (Lipinski definition) is 4. The Morgan fingerprint density at radius 3 is 2.52 bits per heavy atom. The summed E-state index contributed by atoms with van der Waals surface area (Å²) in [6.45, 7) is 11.9. The van der Waals surface area contributed by atoms with Gasteiger partial charge in [0.05, 0.1) is 18.0 Å². The SMILES string of the molecule is CCCN(C[C@@H](CNc1cccc(OC2CCN(C(=O)N(C)CC3CN(c4cccc5c4CCN5[C@@H]4CCC(=O)NC4=O)C3)CC2)c1)COCC)c1cc(-c2ccccc2O)nnc1N. The van der Waals surface area contributed by atoms with Gasteiger partial charge in [-0.05, 0) is 68.7 Å². The van der Waals surface area contributed by atoms with Gasteiger partial charge in [0, 0.05) is 138 Å². The maximum atomic E-state index is 13.6. The minimum absolute atomic E-state index is 0.00809. The number of piperidine rings is 2. The van der Waals surface area contributed by atoms with Crippen LogP contribution in [0.15, 0.2) is 72.8 Å². The molecule has 0 radical (unpaired) electrons. The molecule has 1 aromatic heterocycles. The zero-order valence-corrected chi connectivity index (χ0v) is 38.0. The van der Waals surface area contributed by atoms with E-state index in [-0.39, 0.29) is 41.7 Å². The van der Waals surface area contributed by atoms with Crippen LogP contribution in [0.2, 0.25) is 0 Å². The van der Waals surface area contributed by atoms with Crippen LogP contribution in [-0.2, 0) is 20.7 Å². The molecule has 4 aliphatic heterocycles. The molecule has 0 unspecified atom stereocenters. The lowest BCUT2D eigenvalue weighted by Crippen LogP contribution is -2.54. The summed E-state index contributed by atoms with van der Waals surface area (Å²) in [5.74, 6) is 1.36. The number of urea groups is 1.